The molecule has 0 aromatic carbocycles. The Labute approximate surface area is 189 Å². The van der Waals surface area contributed by atoms with E-state index in [9.17, 15) is 30.0 Å². The molecule has 0 heterocycles. The molecule has 0 aromatic heterocycles. The molecule has 7 nitrogen and oxygen atoms in total. The molecule has 0 aromatic rings. The lowest BCUT2D eigenvalue weighted by molar-refractivity contribution is -0.196. The number of esters is 1. The number of aliphatic hydroxyl groups is 4. The zero-order valence-electron chi connectivity index (χ0n) is 19.6. The highest BCUT2D eigenvalue weighted by Gasteiger charge is 2.83. The zero-order chi connectivity index (χ0) is 23.9. The molecule has 178 valence electrons. The molecule has 32 heavy (non-hydrogen) atoms. The average molecular weight is 449 g/mol. The van der Waals surface area contributed by atoms with Gasteiger partial charge in [-0.25, -0.2) is 0 Å². The van der Waals surface area contributed by atoms with Gasteiger partial charge in [0.15, 0.2) is 0 Å². The highest BCUT2D eigenvalue weighted by molar-refractivity contribution is 5.81. The predicted octanol–water partition coefficient (Wildman–Crippen LogP) is 1.67. The number of fused-ring (bicyclic) bond motifs is 5. The molecule has 1 unspecified atom stereocenters. The van der Waals surface area contributed by atoms with Crippen LogP contribution in [0.25, 0.3) is 0 Å². The normalized spacial score (nSPS) is 46.1. The van der Waals surface area contributed by atoms with Gasteiger partial charge in [0.25, 0.3) is 0 Å². The first-order valence-corrected chi connectivity index (χ1v) is 11.6. The van der Waals surface area contributed by atoms with Crippen molar-refractivity contribution in [3.8, 4) is 0 Å². The maximum atomic E-state index is 12.6. The molecule has 8 atom stereocenters. The van der Waals surface area contributed by atoms with Gasteiger partial charge in [-0.15, -0.1) is 0 Å². The highest BCUT2D eigenvalue weighted by Crippen LogP contribution is 2.76. The fraction of sp³-hybridized carbons (Fsp3) is 0.760. The van der Waals surface area contributed by atoms with Crippen molar-refractivity contribution in [3.05, 3.63) is 23.3 Å². The van der Waals surface area contributed by atoms with Gasteiger partial charge in [0.2, 0.25) is 0 Å². The summed E-state index contributed by atoms with van der Waals surface area (Å²) in [6.07, 6.45) is 3.14. The van der Waals surface area contributed by atoms with Crippen LogP contribution in [0.15, 0.2) is 23.3 Å². The van der Waals surface area contributed by atoms with E-state index >= 15 is 0 Å². The Bertz CT molecular complexity index is 904. The van der Waals surface area contributed by atoms with Crippen LogP contribution in [-0.2, 0) is 14.3 Å². The minimum Gasteiger partial charge on any atom is -0.458 e. The van der Waals surface area contributed by atoms with Crippen LogP contribution in [0.5, 0.6) is 0 Å². The Hall–Kier alpha value is -1.54. The van der Waals surface area contributed by atoms with Crippen LogP contribution < -0.4 is 0 Å². The molecule has 0 bridgehead atoms. The van der Waals surface area contributed by atoms with E-state index in [0.717, 1.165) is 0 Å². The van der Waals surface area contributed by atoms with E-state index in [1.54, 1.807) is 13.0 Å². The Morgan fingerprint density at radius 3 is 2.44 bits per heavy atom. The van der Waals surface area contributed by atoms with Crippen molar-refractivity contribution in [2.24, 2.45) is 29.1 Å². The molecule has 2 fully saturated rings. The third kappa shape index (κ3) is 2.94. The predicted molar refractivity (Wildman–Crippen MR) is 116 cm³/mol. The first-order valence-electron chi connectivity index (χ1n) is 11.6. The highest BCUT2D eigenvalue weighted by atomic mass is 16.6. The average Bonchev–Trinajstić information content (AvgIpc) is 3.11. The van der Waals surface area contributed by atoms with Gasteiger partial charge >= 0.3 is 5.97 Å². The second kappa shape index (κ2) is 7.23. The van der Waals surface area contributed by atoms with Crippen LogP contribution in [0.3, 0.4) is 0 Å². The van der Waals surface area contributed by atoms with Crippen LogP contribution in [0.1, 0.15) is 60.3 Å². The number of rotatable bonds is 5. The molecule has 0 radical (unpaired) electrons. The molecule has 7 heteroatoms. The fourth-order valence-corrected chi connectivity index (χ4v) is 7.30. The van der Waals surface area contributed by atoms with E-state index in [1.807, 2.05) is 26.8 Å². The number of carbonyl (C=O) groups is 2. The minimum absolute atomic E-state index is 0.0252. The van der Waals surface area contributed by atoms with E-state index in [2.05, 4.69) is 0 Å². The first kappa shape index (κ1) is 23.6. The van der Waals surface area contributed by atoms with Gasteiger partial charge in [-0.2, -0.15) is 0 Å². The molecule has 0 aliphatic heterocycles. The summed E-state index contributed by atoms with van der Waals surface area (Å²) in [6, 6.07) is 0. The van der Waals surface area contributed by atoms with Crippen LogP contribution >= 0.6 is 0 Å². The van der Waals surface area contributed by atoms with Gasteiger partial charge in [0, 0.05) is 36.0 Å². The van der Waals surface area contributed by atoms with Gasteiger partial charge in [0.1, 0.15) is 23.1 Å². The summed E-state index contributed by atoms with van der Waals surface area (Å²) in [4.78, 5) is 23.9. The van der Waals surface area contributed by atoms with Crippen molar-refractivity contribution < 1.29 is 34.8 Å². The SMILES string of the molecule is CC(=O)CCC(=O)O[C@@]12C[C@@H](C)[C@@]3(O)[C@@H](C=C(CO)C[C@]4(O)C(O)C(C)=C[C@@H]34)[C@@H]1C2(C)C. The number of Topliss-reactive ketones (excluding diaryl/α,β-unsaturated/α-hetero) is 1. The van der Waals surface area contributed by atoms with Crippen molar-refractivity contribution in [2.75, 3.05) is 6.61 Å². The minimum atomic E-state index is -1.60. The lowest BCUT2D eigenvalue weighted by Crippen LogP contribution is -2.61. The van der Waals surface area contributed by atoms with Crippen molar-refractivity contribution in [1.29, 1.82) is 0 Å². The number of ether oxygens (including phenoxy) is 1. The molecule has 4 rings (SSSR count). The fourth-order valence-electron chi connectivity index (χ4n) is 7.30. The van der Waals surface area contributed by atoms with Gasteiger partial charge in [0.05, 0.1) is 18.6 Å². The summed E-state index contributed by atoms with van der Waals surface area (Å²) >= 11 is 0. The van der Waals surface area contributed by atoms with Crippen molar-refractivity contribution >= 4 is 11.8 Å². The summed E-state index contributed by atoms with van der Waals surface area (Å²) in [5, 5.41) is 44.7. The summed E-state index contributed by atoms with van der Waals surface area (Å²) < 4.78 is 6.05. The van der Waals surface area contributed by atoms with Crippen molar-refractivity contribution in [3.63, 3.8) is 0 Å². The van der Waals surface area contributed by atoms with E-state index in [4.69, 9.17) is 4.74 Å². The van der Waals surface area contributed by atoms with Gasteiger partial charge in [-0.3, -0.25) is 4.79 Å². The third-order valence-electron chi connectivity index (χ3n) is 9.06. The van der Waals surface area contributed by atoms with E-state index in [0.29, 0.717) is 17.6 Å². The Kier molecular flexibility index (Phi) is 5.33. The van der Waals surface area contributed by atoms with Crippen LogP contribution in [-0.4, -0.2) is 61.7 Å². The van der Waals surface area contributed by atoms with Crippen molar-refractivity contribution in [2.45, 2.75) is 83.2 Å². The summed E-state index contributed by atoms with van der Waals surface area (Å²) in [7, 11) is 0. The van der Waals surface area contributed by atoms with E-state index in [-0.39, 0.29) is 43.5 Å². The Morgan fingerprint density at radius 1 is 1.19 bits per heavy atom. The van der Waals surface area contributed by atoms with E-state index in [1.165, 1.54) is 6.92 Å². The molecule has 4 aliphatic rings. The van der Waals surface area contributed by atoms with Crippen LogP contribution in [0.4, 0.5) is 0 Å². The number of hydrogen-bond acceptors (Lipinski definition) is 7. The Balaban J connectivity index is 1.76. The molecule has 0 saturated heterocycles. The molecular formula is C25H36O7. The maximum absolute atomic E-state index is 12.6. The zero-order valence-corrected chi connectivity index (χ0v) is 19.6. The molecular weight excluding hydrogens is 412 g/mol. The molecule has 2 saturated carbocycles. The molecule has 4 N–H and O–H groups in total. The monoisotopic (exact) mass is 448 g/mol. The number of carbonyl (C=O) groups excluding carboxylic acids is 2. The second-order valence-corrected chi connectivity index (χ2v) is 11.2. The number of aliphatic hydroxyl groups excluding tert-OH is 2. The quantitative estimate of drug-likeness (QED) is 0.372. The van der Waals surface area contributed by atoms with Gasteiger partial charge < -0.3 is 30.0 Å². The number of hydrogen-bond donors (Lipinski definition) is 4. The summed E-state index contributed by atoms with van der Waals surface area (Å²) in [5.74, 6) is -2.25. The third-order valence-corrected chi connectivity index (χ3v) is 9.06. The summed E-state index contributed by atoms with van der Waals surface area (Å²) in [6.45, 7) is 8.82. The topological polar surface area (TPSA) is 124 Å². The van der Waals surface area contributed by atoms with Crippen LogP contribution in [0, 0.1) is 29.1 Å². The standard InChI is InChI=1S/C25H36O7/c1-13-8-18-23(30,21(13)29)11-16(12-26)9-17-20-22(4,5)24(20,10-14(2)25(17,18)31)32-19(28)7-6-15(3)27/h8-9,14,17-18,20-21,26,29-31H,6-7,10-12H2,1-5H3/t14-,17+,18-,20-,21?,23-,24+,25-/m1/s1. The van der Waals surface area contributed by atoms with Crippen molar-refractivity contribution in [1.82, 2.24) is 0 Å². The van der Waals surface area contributed by atoms with Gasteiger partial charge in [-0.1, -0.05) is 32.9 Å². The second-order valence-electron chi connectivity index (χ2n) is 11.2. The molecule has 4 aliphatic carbocycles. The molecule has 0 spiro atoms. The van der Waals surface area contributed by atoms with E-state index < -0.39 is 46.1 Å². The smallest absolute Gasteiger partial charge is 0.306 e. The lowest BCUT2D eigenvalue weighted by atomic mass is 9.60. The van der Waals surface area contributed by atoms with Gasteiger partial charge in [-0.05, 0) is 37.3 Å². The molecule has 0 amide bonds. The first-order chi connectivity index (χ1) is 14.8. The largest absolute Gasteiger partial charge is 0.458 e. The number of ketones is 1. The Morgan fingerprint density at radius 2 is 1.84 bits per heavy atom. The van der Waals surface area contributed by atoms with Crippen LogP contribution in [0.2, 0.25) is 0 Å². The maximum Gasteiger partial charge on any atom is 0.306 e. The summed E-state index contributed by atoms with van der Waals surface area (Å²) in [5.41, 5.74) is -3.02. The lowest BCUT2D eigenvalue weighted by Gasteiger charge is -2.51.